The molecule has 0 aliphatic heterocycles. The molecule has 0 atom stereocenters. The fraction of sp³-hybridized carbons (Fsp3) is 0.200. The molecule has 0 spiro atoms. The van der Waals surface area contributed by atoms with Crippen molar-refractivity contribution in [3.8, 4) is 0 Å². The highest BCUT2D eigenvalue weighted by molar-refractivity contribution is 7.19. The third-order valence-electron chi connectivity index (χ3n) is 4.87. The van der Waals surface area contributed by atoms with E-state index in [9.17, 15) is 19.2 Å². The van der Waals surface area contributed by atoms with Gasteiger partial charge in [-0.15, -0.1) is 11.3 Å². The summed E-state index contributed by atoms with van der Waals surface area (Å²) in [4.78, 5) is 50.6. The Kier molecular flexibility index (Phi) is 8.15. The van der Waals surface area contributed by atoms with Gasteiger partial charge in [-0.25, -0.2) is 9.59 Å². The fourth-order valence-electron chi connectivity index (χ4n) is 3.28. The summed E-state index contributed by atoms with van der Waals surface area (Å²) in [7, 11) is 1.25. The van der Waals surface area contributed by atoms with Crippen LogP contribution in [0.4, 0.5) is 10.7 Å². The average molecular weight is 481 g/mol. The first-order chi connectivity index (χ1) is 16.3. The minimum absolute atomic E-state index is 0.105. The van der Waals surface area contributed by atoms with Crippen LogP contribution in [-0.4, -0.2) is 37.5 Å². The SMILES string of the molecule is CCOC(=O)c1c(NC(=O)Cc2ccccc2)sc(C(=O)Nc2ccccc2C(=O)OC)c1C. The number of methoxy groups -OCH3 is 1. The lowest BCUT2D eigenvalue weighted by Crippen LogP contribution is -2.17. The largest absolute Gasteiger partial charge is 0.465 e. The zero-order valence-corrected chi connectivity index (χ0v) is 19.8. The van der Waals surface area contributed by atoms with Gasteiger partial charge in [0.05, 0.1) is 41.8 Å². The molecule has 0 aliphatic carbocycles. The van der Waals surface area contributed by atoms with Crippen LogP contribution >= 0.6 is 11.3 Å². The highest BCUT2D eigenvalue weighted by atomic mass is 32.1. The number of thiophene rings is 1. The summed E-state index contributed by atoms with van der Waals surface area (Å²) in [6.45, 7) is 3.42. The van der Waals surface area contributed by atoms with Gasteiger partial charge in [-0.3, -0.25) is 9.59 Å². The Morgan fingerprint density at radius 3 is 2.26 bits per heavy atom. The first kappa shape index (κ1) is 24.7. The third kappa shape index (κ3) is 5.68. The number of anilines is 2. The standard InChI is InChI=1S/C25H24N2O6S/c1-4-33-25(31)20-15(2)21(22(29)26-18-13-9-8-12-17(18)24(30)32-3)34-23(20)27-19(28)14-16-10-6-5-7-11-16/h5-13H,4,14H2,1-3H3,(H,26,29)(H,27,28). The maximum absolute atomic E-state index is 13.1. The molecule has 0 bridgehead atoms. The minimum Gasteiger partial charge on any atom is -0.465 e. The summed E-state index contributed by atoms with van der Waals surface area (Å²) in [5, 5.41) is 5.66. The topological polar surface area (TPSA) is 111 Å². The number of hydrogen-bond donors (Lipinski definition) is 2. The van der Waals surface area contributed by atoms with Gasteiger partial charge in [0.15, 0.2) is 0 Å². The van der Waals surface area contributed by atoms with Crippen molar-refractivity contribution in [2.75, 3.05) is 24.4 Å². The second kappa shape index (κ2) is 11.2. The van der Waals surface area contributed by atoms with Gasteiger partial charge >= 0.3 is 11.9 Å². The summed E-state index contributed by atoms with van der Waals surface area (Å²) >= 11 is 0.966. The van der Waals surface area contributed by atoms with Crippen molar-refractivity contribution < 1.29 is 28.7 Å². The molecule has 9 heteroatoms. The van der Waals surface area contributed by atoms with Crippen LogP contribution in [0.3, 0.4) is 0 Å². The number of rotatable bonds is 8. The Morgan fingerprint density at radius 2 is 1.59 bits per heavy atom. The third-order valence-corrected chi connectivity index (χ3v) is 6.08. The number of hydrogen-bond acceptors (Lipinski definition) is 7. The molecule has 1 aromatic heterocycles. The Labute approximate surface area is 200 Å². The zero-order valence-electron chi connectivity index (χ0n) is 19.0. The average Bonchev–Trinajstić information content (AvgIpc) is 3.15. The maximum atomic E-state index is 13.1. The Morgan fingerprint density at radius 1 is 0.912 bits per heavy atom. The summed E-state index contributed by atoms with van der Waals surface area (Å²) < 4.78 is 9.92. The van der Waals surface area contributed by atoms with E-state index in [0.717, 1.165) is 16.9 Å². The first-order valence-electron chi connectivity index (χ1n) is 10.5. The van der Waals surface area contributed by atoms with E-state index < -0.39 is 17.8 Å². The fourth-order valence-corrected chi connectivity index (χ4v) is 4.38. The van der Waals surface area contributed by atoms with Crippen LogP contribution in [0.15, 0.2) is 54.6 Å². The second-order valence-electron chi connectivity index (χ2n) is 7.18. The lowest BCUT2D eigenvalue weighted by atomic mass is 10.1. The number of nitrogens with one attached hydrogen (secondary N) is 2. The molecule has 2 amide bonds. The molecular formula is C25H24N2O6S. The van der Waals surface area contributed by atoms with Gasteiger partial charge in [0.1, 0.15) is 5.00 Å². The number of benzene rings is 2. The predicted octanol–water partition coefficient (Wildman–Crippen LogP) is 4.45. The molecule has 0 saturated heterocycles. The van der Waals surface area contributed by atoms with Crippen LogP contribution in [0, 0.1) is 6.92 Å². The molecule has 34 heavy (non-hydrogen) atoms. The Bertz CT molecular complexity index is 1220. The molecule has 3 rings (SSSR count). The monoisotopic (exact) mass is 480 g/mol. The van der Waals surface area contributed by atoms with E-state index >= 15 is 0 Å². The van der Waals surface area contributed by atoms with Crippen molar-refractivity contribution in [1.29, 1.82) is 0 Å². The normalized spacial score (nSPS) is 10.3. The number of amides is 2. The van der Waals surface area contributed by atoms with Crippen molar-refractivity contribution >= 4 is 45.8 Å². The van der Waals surface area contributed by atoms with Crippen molar-refractivity contribution in [2.24, 2.45) is 0 Å². The summed E-state index contributed by atoms with van der Waals surface area (Å²) in [5.41, 5.74) is 1.75. The predicted molar refractivity (Wildman–Crippen MR) is 130 cm³/mol. The maximum Gasteiger partial charge on any atom is 0.341 e. The second-order valence-corrected chi connectivity index (χ2v) is 8.20. The molecule has 0 saturated carbocycles. The smallest absolute Gasteiger partial charge is 0.341 e. The summed E-state index contributed by atoms with van der Waals surface area (Å²) in [6, 6.07) is 15.6. The van der Waals surface area contributed by atoms with E-state index in [4.69, 9.17) is 9.47 Å². The Hall–Kier alpha value is -3.98. The van der Waals surface area contributed by atoms with Crippen LogP contribution in [0.25, 0.3) is 0 Å². The number of esters is 2. The highest BCUT2D eigenvalue weighted by Gasteiger charge is 2.27. The summed E-state index contributed by atoms with van der Waals surface area (Å²) in [5.74, 6) is -2.10. The van der Waals surface area contributed by atoms with E-state index in [1.165, 1.54) is 13.2 Å². The minimum atomic E-state index is -0.639. The van der Waals surface area contributed by atoms with E-state index in [1.54, 1.807) is 32.0 Å². The number of para-hydroxylation sites is 1. The van der Waals surface area contributed by atoms with Crippen LogP contribution in [0.1, 0.15) is 48.4 Å². The lowest BCUT2D eigenvalue weighted by molar-refractivity contribution is -0.115. The summed E-state index contributed by atoms with van der Waals surface area (Å²) in [6.07, 6.45) is 0.105. The molecule has 0 fully saturated rings. The molecule has 2 aromatic carbocycles. The van der Waals surface area contributed by atoms with E-state index in [0.29, 0.717) is 5.56 Å². The molecule has 8 nitrogen and oxygen atoms in total. The quantitative estimate of drug-likeness (QED) is 0.461. The highest BCUT2D eigenvalue weighted by Crippen LogP contribution is 2.34. The van der Waals surface area contributed by atoms with E-state index in [1.807, 2.05) is 30.3 Å². The van der Waals surface area contributed by atoms with Crippen LogP contribution in [0.2, 0.25) is 0 Å². The molecule has 1 heterocycles. The van der Waals surface area contributed by atoms with Crippen LogP contribution in [0.5, 0.6) is 0 Å². The van der Waals surface area contributed by atoms with Crippen molar-refractivity contribution in [3.05, 3.63) is 81.7 Å². The van der Waals surface area contributed by atoms with Crippen LogP contribution < -0.4 is 10.6 Å². The van der Waals surface area contributed by atoms with Gasteiger partial charge in [0.25, 0.3) is 5.91 Å². The van der Waals surface area contributed by atoms with Gasteiger partial charge in [-0.1, -0.05) is 42.5 Å². The first-order valence-corrected chi connectivity index (χ1v) is 11.3. The van der Waals surface area contributed by atoms with Crippen molar-refractivity contribution in [1.82, 2.24) is 0 Å². The van der Waals surface area contributed by atoms with Gasteiger partial charge in [-0.2, -0.15) is 0 Å². The van der Waals surface area contributed by atoms with Crippen molar-refractivity contribution in [2.45, 2.75) is 20.3 Å². The molecule has 0 aliphatic rings. The molecule has 2 N–H and O–H groups in total. The van der Waals surface area contributed by atoms with Gasteiger partial charge in [0, 0.05) is 0 Å². The van der Waals surface area contributed by atoms with E-state index in [-0.39, 0.29) is 45.6 Å². The molecule has 3 aromatic rings. The van der Waals surface area contributed by atoms with Crippen molar-refractivity contribution in [3.63, 3.8) is 0 Å². The lowest BCUT2D eigenvalue weighted by Gasteiger charge is -2.09. The number of ether oxygens (including phenoxy) is 2. The molecule has 0 unspecified atom stereocenters. The zero-order chi connectivity index (χ0) is 24.7. The number of carbonyl (C=O) groups excluding carboxylic acids is 4. The van der Waals surface area contributed by atoms with E-state index in [2.05, 4.69) is 10.6 Å². The van der Waals surface area contributed by atoms with Gasteiger partial charge in [-0.05, 0) is 37.1 Å². The molecule has 0 radical (unpaired) electrons. The Balaban J connectivity index is 1.91. The number of carbonyl (C=O) groups is 4. The molecule has 176 valence electrons. The van der Waals surface area contributed by atoms with Crippen LogP contribution in [-0.2, 0) is 20.7 Å². The van der Waals surface area contributed by atoms with Gasteiger partial charge < -0.3 is 20.1 Å². The molecular weight excluding hydrogens is 456 g/mol. The van der Waals surface area contributed by atoms with Gasteiger partial charge in [0.2, 0.25) is 5.91 Å².